The van der Waals surface area contributed by atoms with Crippen molar-refractivity contribution in [1.82, 2.24) is 5.32 Å². The second-order valence-corrected chi connectivity index (χ2v) is 7.84. The number of carbonyl (C=O) groups excluding carboxylic acids is 1. The molecule has 6 nitrogen and oxygen atoms in total. The van der Waals surface area contributed by atoms with Crippen LogP contribution in [-0.4, -0.2) is 62.8 Å². The predicted molar refractivity (Wildman–Crippen MR) is 110 cm³/mol. The van der Waals surface area contributed by atoms with Gasteiger partial charge in [-0.15, -0.1) is 0 Å². The number of aliphatic imine (C=N–C) groups is 1. The summed E-state index contributed by atoms with van der Waals surface area (Å²) < 4.78 is 20.1. The molecule has 1 N–H and O–H groups in total. The maximum absolute atomic E-state index is 14.8. The number of nitrogens with one attached hydrogen (secondary N) is 1. The van der Waals surface area contributed by atoms with Gasteiger partial charge < -0.3 is 15.0 Å². The lowest BCUT2D eigenvalue weighted by Crippen LogP contribution is -2.29. The van der Waals surface area contributed by atoms with E-state index in [4.69, 9.17) is 4.74 Å². The first-order valence-electron chi connectivity index (χ1n) is 9.51. The van der Waals surface area contributed by atoms with Crippen LogP contribution in [0.25, 0.3) is 0 Å². The van der Waals surface area contributed by atoms with Crippen molar-refractivity contribution in [2.75, 3.05) is 54.0 Å². The Bertz CT molecular complexity index is 665. The van der Waals surface area contributed by atoms with E-state index in [1.807, 2.05) is 18.7 Å². The summed E-state index contributed by atoms with van der Waals surface area (Å²) in [6.45, 7) is 5.26. The molecule has 0 aliphatic carbocycles. The molecule has 0 radical (unpaired) electrons. The van der Waals surface area contributed by atoms with Crippen molar-refractivity contribution in [3.05, 3.63) is 24.0 Å². The molecule has 0 bridgehead atoms. The number of rotatable bonds is 6. The number of cyclic esters (lactones) is 1. The van der Waals surface area contributed by atoms with E-state index in [1.54, 1.807) is 18.5 Å². The molecule has 1 unspecified atom stereocenters. The van der Waals surface area contributed by atoms with Gasteiger partial charge in [-0.1, -0.05) is 0 Å². The van der Waals surface area contributed by atoms with Crippen molar-refractivity contribution in [3.63, 3.8) is 0 Å². The lowest BCUT2D eigenvalue weighted by atomic mass is 10.2. The normalized spacial score (nSPS) is 21.3. The molecule has 2 heterocycles. The molecule has 1 aromatic rings. The van der Waals surface area contributed by atoms with Gasteiger partial charge in [0.25, 0.3) is 0 Å². The summed E-state index contributed by atoms with van der Waals surface area (Å²) in [4.78, 5) is 19.9. The Kier molecular flexibility index (Phi) is 7.20. The number of nitrogens with zero attached hydrogens (tertiary/aromatic N) is 3. The molecule has 2 saturated heterocycles. The molecule has 2 aliphatic heterocycles. The molecular weight excluding hydrogens is 367 g/mol. The Balaban J connectivity index is 1.65. The van der Waals surface area contributed by atoms with E-state index in [9.17, 15) is 9.18 Å². The van der Waals surface area contributed by atoms with E-state index < -0.39 is 6.09 Å². The van der Waals surface area contributed by atoms with Crippen LogP contribution >= 0.6 is 11.8 Å². The molecule has 1 atom stereocenters. The molecule has 27 heavy (non-hydrogen) atoms. The minimum Gasteiger partial charge on any atom is -0.442 e. The van der Waals surface area contributed by atoms with Crippen LogP contribution in [0, 0.1) is 5.82 Å². The fourth-order valence-corrected chi connectivity index (χ4v) is 4.11. The fourth-order valence-electron chi connectivity index (χ4n) is 3.24. The van der Waals surface area contributed by atoms with Gasteiger partial charge in [0.05, 0.1) is 30.8 Å². The Hall–Kier alpha value is -1.96. The third-order valence-electron chi connectivity index (χ3n) is 4.59. The highest BCUT2D eigenvalue weighted by atomic mass is 32.2. The van der Waals surface area contributed by atoms with Crippen molar-refractivity contribution in [2.24, 2.45) is 4.99 Å². The van der Waals surface area contributed by atoms with Crippen LogP contribution in [0.4, 0.5) is 20.6 Å². The van der Waals surface area contributed by atoms with Gasteiger partial charge in [-0.05, 0) is 49.5 Å². The van der Waals surface area contributed by atoms with Gasteiger partial charge in [0.2, 0.25) is 0 Å². The zero-order chi connectivity index (χ0) is 19.1. The van der Waals surface area contributed by atoms with Crippen molar-refractivity contribution < 1.29 is 13.9 Å². The Morgan fingerprint density at radius 2 is 2.15 bits per heavy atom. The third-order valence-corrected chi connectivity index (χ3v) is 5.74. The number of anilines is 2. The van der Waals surface area contributed by atoms with Crippen LogP contribution in [-0.2, 0) is 4.74 Å². The van der Waals surface area contributed by atoms with Gasteiger partial charge in [0, 0.05) is 19.6 Å². The number of hydrogen-bond acceptors (Lipinski definition) is 5. The second-order valence-electron chi connectivity index (χ2n) is 6.61. The van der Waals surface area contributed by atoms with Crippen molar-refractivity contribution in [2.45, 2.75) is 25.9 Å². The highest BCUT2D eigenvalue weighted by molar-refractivity contribution is 7.99. The summed E-state index contributed by atoms with van der Waals surface area (Å²) in [7, 11) is 0. The number of carbonyl (C=O) groups is 1. The first-order chi connectivity index (χ1) is 13.2. The molecule has 3 rings (SSSR count). The lowest BCUT2D eigenvalue weighted by Gasteiger charge is -2.27. The molecule has 1 aromatic carbocycles. The molecular formula is C19H27FN4O2S. The highest BCUT2D eigenvalue weighted by Crippen LogP contribution is 2.29. The van der Waals surface area contributed by atoms with Gasteiger partial charge in [0.1, 0.15) is 11.9 Å². The van der Waals surface area contributed by atoms with E-state index in [0.717, 1.165) is 44.0 Å². The lowest BCUT2D eigenvalue weighted by molar-refractivity contribution is 0.145. The summed E-state index contributed by atoms with van der Waals surface area (Å²) in [5, 5.41) is 2.98. The number of hydrogen-bond donors (Lipinski definition) is 1. The summed E-state index contributed by atoms with van der Waals surface area (Å²) in [5.74, 6) is 1.95. The van der Waals surface area contributed by atoms with E-state index in [-0.39, 0.29) is 11.9 Å². The van der Waals surface area contributed by atoms with Gasteiger partial charge in [-0.2, -0.15) is 11.8 Å². The van der Waals surface area contributed by atoms with Crippen LogP contribution in [0.3, 0.4) is 0 Å². The minimum atomic E-state index is -0.450. The number of ether oxygens (including phenoxy) is 1. The van der Waals surface area contributed by atoms with E-state index >= 15 is 0 Å². The maximum atomic E-state index is 14.8. The molecule has 0 saturated carbocycles. The highest BCUT2D eigenvalue weighted by Gasteiger charge is 2.32. The summed E-state index contributed by atoms with van der Waals surface area (Å²) >= 11 is 1.97. The molecule has 8 heteroatoms. The molecule has 0 spiro atoms. The number of benzene rings is 1. The summed E-state index contributed by atoms with van der Waals surface area (Å²) in [6.07, 6.45) is 2.96. The average Bonchev–Trinajstić information content (AvgIpc) is 3.00. The minimum absolute atomic E-state index is 0.290. The average molecular weight is 395 g/mol. The zero-order valence-electron chi connectivity index (χ0n) is 15.7. The number of thioether (sulfide) groups is 1. The van der Waals surface area contributed by atoms with Crippen LogP contribution in [0.15, 0.2) is 23.2 Å². The first kappa shape index (κ1) is 19.8. The largest absolute Gasteiger partial charge is 0.442 e. The van der Waals surface area contributed by atoms with Gasteiger partial charge in [0.15, 0.2) is 0 Å². The molecule has 148 valence electrons. The SMILES string of the molecule is CCNC=NCC1CN(c2ccc(N3CCCSCCC3)c(F)c2)C(=O)O1. The molecule has 2 aliphatic rings. The van der Waals surface area contributed by atoms with Crippen molar-refractivity contribution >= 4 is 35.6 Å². The zero-order valence-corrected chi connectivity index (χ0v) is 16.5. The Labute approximate surface area is 164 Å². The third kappa shape index (κ3) is 5.28. The Morgan fingerprint density at radius 1 is 1.37 bits per heavy atom. The second kappa shape index (κ2) is 9.82. The van der Waals surface area contributed by atoms with Gasteiger partial charge in [-0.3, -0.25) is 9.89 Å². The van der Waals surface area contributed by atoms with Crippen LogP contribution in [0.1, 0.15) is 19.8 Å². The van der Waals surface area contributed by atoms with Crippen LogP contribution < -0.4 is 15.1 Å². The van der Waals surface area contributed by atoms with Crippen LogP contribution in [0.2, 0.25) is 0 Å². The maximum Gasteiger partial charge on any atom is 0.414 e. The smallest absolute Gasteiger partial charge is 0.414 e. The van der Waals surface area contributed by atoms with E-state index in [1.165, 1.54) is 11.0 Å². The van der Waals surface area contributed by atoms with Gasteiger partial charge in [-0.25, -0.2) is 9.18 Å². The first-order valence-corrected chi connectivity index (χ1v) is 10.7. The van der Waals surface area contributed by atoms with Crippen molar-refractivity contribution in [3.8, 4) is 0 Å². The van der Waals surface area contributed by atoms with E-state index in [0.29, 0.717) is 24.5 Å². The summed E-state index contributed by atoms with van der Waals surface area (Å²) in [5.41, 5.74) is 1.15. The molecule has 0 aromatic heterocycles. The number of halogens is 1. The van der Waals surface area contributed by atoms with Gasteiger partial charge >= 0.3 is 6.09 Å². The molecule has 1 amide bonds. The number of amides is 1. The molecule has 2 fully saturated rings. The van der Waals surface area contributed by atoms with E-state index in [2.05, 4.69) is 15.2 Å². The topological polar surface area (TPSA) is 57.2 Å². The summed E-state index contributed by atoms with van der Waals surface area (Å²) in [6, 6.07) is 5.02. The van der Waals surface area contributed by atoms with Crippen molar-refractivity contribution in [1.29, 1.82) is 0 Å². The fraction of sp³-hybridized carbons (Fsp3) is 0.579. The standard InChI is InChI=1S/C19H27FN4O2S/c1-2-21-14-22-12-16-13-24(19(25)26-16)15-5-6-18(17(20)11-15)23-7-3-9-27-10-4-8-23/h5-6,11,14,16H,2-4,7-10,12-13H2,1H3,(H,21,22). The quantitative estimate of drug-likeness (QED) is 0.593. The Morgan fingerprint density at radius 3 is 2.85 bits per heavy atom. The monoisotopic (exact) mass is 394 g/mol. The predicted octanol–water partition coefficient (Wildman–Crippen LogP) is 3.12. The van der Waals surface area contributed by atoms with Crippen LogP contribution in [0.5, 0.6) is 0 Å².